The average Bonchev–Trinajstić information content (AvgIpc) is 3.25. The monoisotopic (exact) mass is 444 g/mol. The van der Waals surface area contributed by atoms with Gasteiger partial charge in [0.2, 0.25) is 5.91 Å². The molecule has 7 heteroatoms. The van der Waals surface area contributed by atoms with Gasteiger partial charge in [0, 0.05) is 30.8 Å². The summed E-state index contributed by atoms with van der Waals surface area (Å²) in [5, 5.41) is 7.61. The Morgan fingerprint density at radius 2 is 1.52 bits per heavy atom. The van der Waals surface area contributed by atoms with Crippen molar-refractivity contribution in [1.29, 1.82) is 0 Å². The van der Waals surface area contributed by atoms with E-state index in [0.717, 1.165) is 29.1 Å². The van der Waals surface area contributed by atoms with Gasteiger partial charge in [-0.3, -0.25) is 19.3 Å². The Labute approximate surface area is 193 Å². The van der Waals surface area contributed by atoms with Crippen LogP contribution in [-0.2, 0) is 11.3 Å². The summed E-state index contributed by atoms with van der Waals surface area (Å²) in [4.78, 5) is 38.4. The molecule has 0 saturated carbocycles. The first kappa shape index (κ1) is 22.5. The first-order valence-corrected chi connectivity index (χ1v) is 11.3. The highest BCUT2D eigenvalue weighted by atomic mass is 16.2. The van der Waals surface area contributed by atoms with Crippen molar-refractivity contribution < 1.29 is 14.4 Å². The Balaban J connectivity index is 1.20. The van der Waals surface area contributed by atoms with Gasteiger partial charge in [-0.2, -0.15) is 5.10 Å². The number of amides is 3. The third-order valence-electron chi connectivity index (χ3n) is 6.07. The molecule has 1 N–H and O–H groups in total. The summed E-state index contributed by atoms with van der Waals surface area (Å²) < 4.78 is 1.90. The third kappa shape index (κ3) is 4.72. The fraction of sp³-hybridized carbons (Fsp3) is 0.308. The summed E-state index contributed by atoms with van der Waals surface area (Å²) in [5.41, 5.74) is 4.88. The number of carbonyl (C=O) groups is 3. The maximum Gasteiger partial charge on any atom is 0.261 e. The molecule has 0 aliphatic carbocycles. The number of rotatable bonds is 9. The SMILES string of the molecule is Cc1nn(-c2ccccc2)c(C)c1CNC(=O)CCCCCN1C(=O)c2ccccc2C1=O. The summed E-state index contributed by atoms with van der Waals surface area (Å²) >= 11 is 0. The number of nitrogens with one attached hydrogen (secondary N) is 1. The summed E-state index contributed by atoms with van der Waals surface area (Å²) in [5.74, 6) is -0.466. The molecule has 7 nitrogen and oxygen atoms in total. The number of para-hydroxylation sites is 1. The summed E-state index contributed by atoms with van der Waals surface area (Å²) in [7, 11) is 0. The van der Waals surface area contributed by atoms with Crippen LogP contribution in [0.3, 0.4) is 0 Å². The highest BCUT2D eigenvalue weighted by Gasteiger charge is 2.34. The van der Waals surface area contributed by atoms with E-state index in [2.05, 4.69) is 10.4 Å². The lowest BCUT2D eigenvalue weighted by Gasteiger charge is -2.13. The van der Waals surface area contributed by atoms with E-state index < -0.39 is 0 Å². The Kier molecular flexibility index (Phi) is 6.68. The standard InChI is InChI=1S/C26H28N4O3/c1-18-23(19(2)30(28-18)20-11-5-3-6-12-20)17-27-24(31)15-7-4-10-16-29-25(32)21-13-8-9-14-22(21)26(29)33/h3,5-6,8-9,11-14H,4,7,10,15-17H2,1-2H3,(H,27,31). The second-order valence-electron chi connectivity index (χ2n) is 8.29. The van der Waals surface area contributed by atoms with Crippen molar-refractivity contribution >= 4 is 17.7 Å². The maximum absolute atomic E-state index is 12.4. The first-order chi connectivity index (χ1) is 16.0. The third-order valence-corrected chi connectivity index (χ3v) is 6.07. The van der Waals surface area contributed by atoms with Gasteiger partial charge in [0.15, 0.2) is 0 Å². The van der Waals surface area contributed by atoms with E-state index in [0.29, 0.717) is 43.5 Å². The summed E-state index contributed by atoms with van der Waals surface area (Å²) in [6.07, 6.45) is 2.56. The van der Waals surface area contributed by atoms with E-state index in [9.17, 15) is 14.4 Å². The van der Waals surface area contributed by atoms with Crippen LogP contribution in [0.2, 0.25) is 0 Å². The molecule has 33 heavy (non-hydrogen) atoms. The number of benzene rings is 2. The maximum atomic E-state index is 12.4. The zero-order valence-electron chi connectivity index (χ0n) is 19.0. The van der Waals surface area contributed by atoms with Gasteiger partial charge >= 0.3 is 0 Å². The number of unbranched alkanes of at least 4 members (excludes halogenated alkanes) is 2. The van der Waals surface area contributed by atoms with Crippen molar-refractivity contribution in [3.8, 4) is 5.69 Å². The van der Waals surface area contributed by atoms with Crippen molar-refractivity contribution in [2.75, 3.05) is 6.54 Å². The minimum atomic E-state index is -0.227. The van der Waals surface area contributed by atoms with Crippen LogP contribution in [0.1, 0.15) is 63.4 Å². The van der Waals surface area contributed by atoms with Gasteiger partial charge in [0.1, 0.15) is 0 Å². The molecule has 0 atom stereocenters. The molecule has 1 aliphatic rings. The van der Waals surface area contributed by atoms with Crippen molar-refractivity contribution in [1.82, 2.24) is 20.0 Å². The van der Waals surface area contributed by atoms with Crippen LogP contribution in [0, 0.1) is 13.8 Å². The number of aryl methyl sites for hydroxylation is 1. The van der Waals surface area contributed by atoms with E-state index in [1.165, 1.54) is 4.90 Å². The van der Waals surface area contributed by atoms with Gasteiger partial charge in [-0.05, 0) is 51.0 Å². The van der Waals surface area contributed by atoms with Crippen molar-refractivity contribution in [3.05, 3.63) is 82.7 Å². The second kappa shape index (κ2) is 9.81. The number of aromatic nitrogens is 2. The Bertz CT molecular complexity index is 1150. The van der Waals surface area contributed by atoms with Gasteiger partial charge in [-0.1, -0.05) is 36.8 Å². The van der Waals surface area contributed by atoms with E-state index in [1.54, 1.807) is 24.3 Å². The first-order valence-electron chi connectivity index (χ1n) is 11.3. The van der Waals surface area contributed by atoms with Crippen LogP contribution < -0.4 is 5.32 Å². The number of nitrogens with zero attached hydrogens (tertiary/aromatic N) is 3. The highest BCUT2D eigenvalue weighted by molar-refractivity contribution is 6.21. The lowest BCUT2D eigenvalue weighted by atomic mass is 10.1. The Hall–Kier alpha value is -3.74. The molecule has 170 valence electrons. The number of hydrogen-bond donors (Lipinski definition) is 1. The summed E-state index contributed by atoms with van der Waals surface area (Å²) in [6.45, 7) is 4.78. The van der Waals surface area contributed by atoms with Gasteiger partial charge in [-0.15, -0.1) is 0 Å². The molecule has 0 saturated heterocycles. The highest BCUT2D eigenvalue weighted by Crippen LogP contribution is 2.23. The van der Waals surface area contributed by atoms with Crippen molar-refractivity contribution in [3.63, 3.8) is 0 Å². The molecule has 3 amide bonds. The molecule has 0 spiro atoms. The fourth-order valence-corrected chi connectivity index (χ4v) is 4.20. The van der Waals surface area contributed by atoms with Crippen LogP contribution in [0.25, 0.3) is 5.69 Å². The van der Waals surface area contributed by atoms with Crippen molar-refractivity contribution in [2.24, 2.45) is 0 Å². The molecule has 1 aromatic heterocycles. The molecule has 3 aromatic rings. The van der Waals surface area contributed by atoms with Crippen LogP contribution in [0.15, 0.2) is 54.6 Å². The van der Waals surface area contributed by atoms with Gasteiger partial charge < -0.3 is 5.32 Å². The molecular formula is C26H28N4O3. The van der Waals surface area contributed by atoms with E-state index in [4.69, 9.17) is 0 Å². The van der Waals surface area contributed by atoms with Crippen LogP contribution in [0.4, 0.5) is 0 Å². The molecule has 0 bridgehead atoms. The number of carbonyl (C=O) groups excluding carboxylic acids is 3. The lowest BCUT2D eigenvalue weighted by molar-refractivity contribution is -0.121. The molecule has 1 aliphatic heterocycles. The quantitative estimate of drug-likeness (QED) is 0.400. The second-order valence-corrected chi connectivity index (χ2v) is 8.29. The van der Waals surface area contributed by atoms with Crippen molar-refractivity contribution in [2.45, 2.75) is 46.1 Å². The molecule has 0 unspecified atom stereocenters. The minimum absolute atomic E-state index is 0.0120. The van der Waals surface area contributed by atoms with E-state index >= 15 is 0 Å². The van der Waals surface area contributed by atoms with E-state index in [-0.39, 0.29) is 17.7 Å². The average molecular weight is 445 g/mol. The number of imide groups is 1. The zero-order valence-corrected chi connectivity index (χ0v) is 19.0. The topological polar surface area (TPSA) is 84.3 Å². The molecule has 0 radical (unpaired) electrons. The molecular weight excluding hydrogens is 416 g/mol. The van der Waals surface area contributed by atoms with Gasteiger partial charge in [0.05, 0.1) is 22.5 Å². The van der Waals surface area contributed by atoms with Crippen LogP contribution in [-0.4, -0.2) is 38.9 Å². The van der Waals surface area contributed by atoms with Gasteiger partial charge in [0.25, 0.3) is 11.8 Å². The lowest BCUT2D eigenvalue weighted by Crippen LogP contribution is -2.30. The van der Waals surface area contributed by atoms with Crippen LogP contribution in [0.5, 0.6) is 0 Å². The summed E-state index contributed by atoms with van der Waals surface area (Å²) in [6, 6.07) is 16.8. The Morgan fingerprint density at radius 1 is 0.879 bits per heavy atom. The predicted octanol–water partition coefficient (Wildman–Crippen LogP) is 3.96. The molecule has 2 heterocycles. The van der Waals surface area contributed by atoms with Gasteiger partial charge in [-0.25, -0.2) is 4.68 Å². The predicted molar refractivity (Wildman–Crippen MR) is 125 cm³/mol. The van der Waals surface area contributed by atoms with Crippen LogP contribution >= 0.6 is 0 Å². The molecule has 2 aromatic carbocycles. The zero-order chi connectivity index (χ0) is 23.4. The van der Waals surface area contributed by atoms with E-state index in [1.807, 2.05) is 48.9 Å². The number of hydrogen-bond acceptors (Lipinski definition) is 4. The minimum Gasteiger partial charge on any atom is -0.352 e. The fourth-order valence-electron chi connectivity index (χ4n) is 4.20. The smallest absolute Gasteiger partial charge is 0.261 e. The number of fused-ring (bicyclic) bond motifs is 1. The normalized spacial score (nSPS) is 12.8. The Morgan fingerprint density at radius 3 is 2.18 bits per heavy atom. The molecule has 4 rings (SSSR count). The molecule has 0 fully saturated rings. The largest absolute Gasteiger partial charge is 0.352 e.